The fraction of sp³-hybridized carbons (Fsp3) is 0.375. The molecular formula is C16H21N5OS. The molecule has 23 heavy (non-hydrogen) atoms. The number of aromatic nitrogens is 1. The summed E-state index contributed by atoms with van der Waals surface area (Å²) in [6.07, 6.45) is 1.84. The van der Waals surface area contributed by atoms with Gasteiger partial charge in [-0.15, -0.1) is 11.3 Å². The van der Waals surface area contributed by atoms with E-state index in [2.05, 4.69) is 4.98 Å². The predicted molar refractivity (Wildman–Crippen MR) is 94.2 cm³/mol. The smallest absolute Gasteiger partial charge is 0.244 e. The third-order valence-electron chi connectivity index (χ3n) is 4.23. The molecule has 2 aromatic rings. The second-order valence-corrected chi connectivity index (χ2v) is 6.60. The summed E-state index contributed by atoms with van der Waals surface area (Å²) in [4.78, 5) is 20.7. The van der Waals surface area contributed by atoms with Crippen LogP contribution in [0.25, 0.3) is 11.3 Å². The highest BCUT2D eigenvalue weighted by Gasteiger charge is 2.31. The fourth-order valence-electron chi connectivity index (χ4n) is 2.88. The minimum Gasteiger partial charge on any atom is -0.375 e. The van der Waals surface area contributed by atoms with E-state index < -0.39 is 0 Å². The monoisotopic (exact) mass is 331 g/mol. The van der Waals surface area contributed by atoms with Crippen LogP contribution in [0, 0.1) is 0 Å². The lowest BCUT2D eigenvalue weighted by Gasteiger charge is -2.36. The molecule has 1 unspecified atom stereocenters. The van der Waals surface area contributed by atoms with Crippen molar-refractivity contribution in [1.29, 1.82) is 0 Å². The fourth-order valence-corrected chi connectivity index (χ4v) is 3.45. The molecule has 0 spiro atoms. The van der Waals surface area contributed by atoms with Gasteiger partial charge in [0, 0.05) is 29.8 Å². The number of piperidine rings is 1. The molecule has 2 heterocycles. The summed E-state index contributed by atoms with van der Waals surface area (Å²) in [7, 11) is 1.89. The van der Waals surface area contributed by atoms with Crippen LogP contribution in [-0.4, -0.2) is 42.1 Å². The van der Waals surface area contributed by atoms with Gasteiger partial charge in [0.25, 0.3) is 0 Å². The number of hydrogen-bond acceptors (Lipinski definition) is 6. The number of carbonyl (C=O) groups is 1. The molecule has 7 heteroatoms. The van der Waals surface area contributed by atoms with Crippen molar-refractivity contribution < 1.29 is 4.79 Å². The highest BCUT2D eigenvalue weighted by molar-refractivity contribution is 7.13. The van der Waals surface area contributed by atoms with Gasteiger partial charge in [-0.3, -0.25) is 9.69 Å². The normalized spacial score (nSPS) is 18.7. The first-order valence-corrected chi connectivity index (χ1v) is 8.51. The maximum atomic E-state index is 12.7. The third-order valence-corrected chi connectivity index (χ3v) is 4.90. The summed E-state index contributed by atoms with van der Waals surface area (Å²) in [6, 6.07) is 7.76. The summed E-state index contributed by atoms with van der Waals surface area (Å²) in [5.74, 6) is 0.120. The third kappa shape index (κ3) is 3.21. The van der Waals surface area contributed by atoms with Crippen molar-refractivity contribution in [3.05, 3.63) is 29.6 Å². The van der Waals surface area contributed by atoms with Gasteiger partial charge in [0.05, 0.1) is 11.7 Å². The Hall–Kier alpha value is -1.96. The Morgan fingerprint density at radius 3 is 2.74 bits per heavy atom. The van der Waals surface area contributed by atoms with Crippen molar-refractivity contribution in [2.75, 3.05) is 30.9 Å². The van der Waals surface area contributed by atoms with Crippen LogP contribution in [0.5, 0.6) is 0 Å². The molecule has 0 saturated carbocycles. The molecule has 1 aliphatic heterocycles. The molecular weight excluding hydrogens is 310 g/mol. The van der Waals surface area contributed by atoms with E-state index >= 15 is 0 Å². The van der Waals surface area contributed by atoms with Gasteiger partial charge in [-0.05, 0) is 32.0 Å². The van der Waals surface area contributed by atoms with Gasteiger partial charge < -0.3 is 16.4 Å². The number of nitrogen functional groups attached to an aromatic ring is 1. The Balaban J connectivity index is 1.80. The van der Waals surface area contributed by atoms with Gasteiger partial charge >= 0.3 is 0 Å². The number of likely N-dealkylation sites (N-methyl/N-ethyl adjacent to an activating group) is 1. The minimum absolute atomic E-state index is 0.120. The van der Waals surface area contributed by atoms with Crippen LogP contribution in [0.15, 0.2) is 29.6 Å². The van der Waals surface area contributed by atoms with Crippen molar-refractivity contribution in [2.24, 2.45) is 5.73 Å². The summed E-state index contributed by atoms with van der Waals surface area (Å²) in [6.45, 7) is 1.13. The molecule has 1 aromatic carbocycles. The summed E-state index contributed by atoms with van der Waals surface area (Å²) >= 11 is 1.42. The first-order valence-electron chi connectivity index (χ1n) is 7.63. The Labute approximate surface area is 139 Å². The van der Waals surface area contributed by atoms with Crippen molar-refractivity contribution in [3.8, 4) is 11.3 Å². The van der Waals surface area contributed by atoms with Crippen LogP contribution >= 0.6 is 11.3 Å². The molecule has 1 aliphatic rings. The SMILES string of the molecule is CN(CN)C1CCCN(c2ccc(-c3csc(N)n3)cc2)C1=O. The number of hydrogen-bond donors (Lipinski definition) is 2. The summed E-state index contributed by atoms with van der Waals surface area (Å²) < 4.78 is 0. The molecule has 0 aliphatic carbocycles. The van der Waals surface area contributed by atoms with E-state index in [1.165, 1.54) is 11.3 Å². The number of anilines is 2. The molecule has 1 aromatic heterocycles. The average Bonchev–Trinajstić information content (AvgIpc) is 3.01. The van der Waals surface area contributed by atoms with E-state index in [1.807, 2.05) is 46.5 Å². The molecule has 1 atom stereocenters. The van der Waals surface area contributed by atoms with Gasteiger partial charge in [-0.25, -0.2) is 4.98 Å². The first kappa shape index (κ1) is 15.9. The van der Waals surface area contributed by atoms with Gasteiger partial charge in [0.1, 0.15) is 0 Å². The first-order chi connectivity index (χ1) is 11.1. The second kappa shape index (κ2) is 6.66. The molecule has 6 nitrogen and oxygen atoms in total. The van der Waals surface area contributed by atoms with Crippen LogP contribution in [0.3, 0.4) is 0 Å². The number of carbonyl (C=O) groups excluding carboxylic acids is 1. The van der Waals surface area contributed by atoms with E-state index in [4.69, 9.17) is 11.5 Å². The lowest BCUT2D eigenvalue weighted by molar-refractivity contribution is -0.124. The van der Waals surface area contributed by atoms with Crippen molar-refractivity contribution in [1.82, 2.24) is 9.88 Å². The summed E-state index contributed by atoms with van der Waals surface area (Å²) in [5.41, 5.74) is 14.1. The predicted octanol–water partition coefficient (Wildman–Crippen LogP) is 1.74. The van der Waals surface area contributed by atoms with Crippen LogP contribution in [0.2, 0.25) is 0 Å². The lowest BCUT2D eigenvalue weighted by atomic mass is 10.0. The second-order valence-electron chi connectivity index (χ2n) is 5.71. The molecule has 0 radical (unpaired) electrons. The number of benzene rings is 1. The van der Waals surface area contributed by atoms with Gasteiger partial charge in [-0.2, -0.15) is 0 Å². The molecule has 1 fully saturated rings. The molecule has 1 saturated heterocycles. The zero-order valence-electron chi connectivity index (χ0n) is 13.1. The Kier molecular flexibility index (Phi) is 4.61. The van der Waals surface area contributed by atoms with Gasteiger partial charge in [0.15, 0.2) is 5.13 Å². The Morgan fingerprint density at radius 1 is 1.39 bits per heavy atom. The van der Waals surface area contributed by atoms with Crippen LogP contribution < -0.4 is 16.4 Å². The number of thiazole rings is 1. The maximum Gasteiger partial charge on any atom is 0.244 e. The van der Waals surface area contributed by atoms with E-state index in [1.54, 1.807) is 0 Å². The zero-order valence-corrected chi connectivity index (χ0v) is 13.9. The number of nitrogens with two attached hydrogens (primary N) is 2. The number of rotatable bonds is 4. The Morgan fingerprint density at radius 2 is 2.13 bits per heavy atom. The van der Waals surface area contributed by atoms with Crippen molar-refractivity contribution in [2.45, 2.75) is 18.9 Å². The number of nitrogens with zero attached hydrogens (tertiary/aromatic N) is 3. The maximum absolute atomic E-state index is 12.7. The Bertz CT molecular complexity index is 684. The van der Waals surface area contributed by atoms with E-state index in [0.717, 1.165) is 36.3 Å². The molecule has 1 amide bonds. The number of amides is 1. The summed E-state index contributed by atoms with van der Waals surface area (Å²) in [5, 5.41) is 2.49. The quantitative estimate of drug-likeness (QED) is 0.833. The van der Waals surface area contributed by atoms with Crippen LogP contribution in [0.1, 0.15) is 12.8 Å². The van der Waals surface area contributed by atoms with Crippen LogP contribution in [0.4, 0.5) is 10.8 Å². The van der Waals surface area contributed by atoms with Crippen LogP contribution in [-0.2, 0) is 4.79 Å². The highest BCUT2D eigenvalue weighted by Crippen LogP contribution is 2.28. The van der Waals surface area contributed by atoms with E-state index in [9.17, 15) is 4.79 Å². The molecule has 0 bridgehead atoms. The molecule has 122 valence electrons. The standard InChI is InChI=1S/C16H21N5OS/c1-20(10-17)14-3-2-8-21(15(14)22)12-6-4-11(5-7-12)13-9-23-16(18)19-13/h4-7,9,14H,2-3,8,10,17H2,1H3,(H2,18,19). The van der Waals surface area contributed by atoms with Crippen molar-refractivity contribution in [3.63, 3.8) is 0 Å². The minimum atomic E-state index is -0.133. The van der Waals surface area contributed by atoms with E-state index in [0.29, 0.717) is 11.8 Å². The van der Waals surface area contributed by atoms with Gasteiger partial charge in [0.2, 0.25) is 5.91 Å². The van der Waals surface area contributed by atoms with Crippen molar-refractivity contribution >= 4 is 28.1 Å². The molecule has 3 rings (SSSR count). The highest BCUT2D eigenvalue weighted by atomic mass is 32.1. The van der Waals surface area contributed by atoms with Gasteiger partial charge in [-0.1, -0.05) is 12.1 Å². The largest absolute Gasteiger partial charge is 0.375 e. The lowest BCUT2D eigenvalue weighted by Crippen LogP contribution is -2.52. The van der Waals surface area contributed by atoms with E-state index in [-0.39, 0.29) is 11.9 Å². The molecule has 4 N–H and O–H groups in total. The average molecular weight is 331 g/mol. The zero-order chi connectivity index (χ0) is 16.4. The topological polar surface area (TPSA) is 88.5 Å².